The zero-order chi connectivity index (χ0) is 10.7. The van der Waals surface area contributed by atoms with E-state index in [1.165, 1.54) is 18.4 Å². The maximum atomic E-state index is 5.36. The van der Waals surface area contributed by atoms with Crippen LogP contribution in [0.4, 0.5) is 0 Å². The fourth-order valence-electron chi connectivity index (χ4n) is 1.66. The minimum Gasteiger partial charge on any atom is -0.383 e. The summed E-state index contributed by atoms with van der Waals surface area (Å²) in [6, 6.07) is 0. The first-order valence-electron chi connectivity index (χ1n) is 5.47. The van der Waals surface area contributed by atoms with Crippen LogP contribution in [-0.4, -0.2) is 25.4 Å². The Morgan fingerprint density at radius 2 is 2.33 bits per heavy atom. The fourth-order valence-corrected chi connectivity index (χ4v) is 1.66. The molecule has 84 valence electrons. The summed E-state index contributed by atoms with van der Waals surface area (Å²) in [5.41, 5.74) is 2.26. The van der Waals surface area contributed by atoms with Crippen molar-refractivity contribution in [1.29, 1.82) is 0 Å². The van der Waals surface area contributed by atoms with E-state index >= 15 is 0 Å². The molecule has 0 bridgehead atoms. The van der Waals surface area contributed by atoms with Gasteiger partial charge in [-0.2, -0.15) is 0 Å². The zero-order valence-corrected chi connectivity index (χ0v) is 9.38. The van der Waals surface area contributed by atoms with Gasteiger partial charge in [0, 0.05) is 31.7 Å². The quantitative estimate of drug-likeness (QED) is 0.724. The fraction of sp³-hybridized carbons (Fsp3) is 0.727. The lowest BCUT2D eigenvalue weighted by atomic mass is 10.1. The first kappa shape index (κ1) is 10.6. The highest BCUT2D eigenvalue weighted by atomic mass is 16.5. The summed E-state index contributed by atoms with van der Waals surface area (Å²) in [6.45, 7) is 4.44. The lowest BCUT2D eigenvalue weighted by Crippen LogP contribution is -2.19. The molecule has 1 saturated carbocycles. The SMILES string of the molecule is COCCNCc1noc(C2CC2)c1C. The molecule has 0 radical (unpaired) electrons. The molecule has 0 aromatic carbocycles. The molecule has 0 amide bonds. The van der Waals surface area contributed by atoms with Gasteiger partial charge in [-0.25, -0.2) is 0 Å². The molecule has 2 rings (SSSR count). The molecule has 1 aliphatic rings. The Bertz CT molecular complexity index is 318. The lowest BCUT2D eigenvalue weighted by Gasteiger charge is -2.01. The third-order valence-corrected chi connectivity index (χ3v) is 2.78. The van der Waals surface area contributed by atoms with Gasteiger partial charge < -0.3 is 14.6 Å². The van der Waals surface area contributed by atoms with Gasteiger partial charge in [0.25, 0.3) is 0 Å². The molecule has 0 spiro atoms. The lowest BCUT2D eigenvalue weighted by molar-refractivity contribution is 0.199. The van der Waals surface area contributed by atoms with E-state index in [1.54, 1.807) is 7.11 Å². The molecular formula is C11H18N2O2. The summed E-state index contributed by atoms with van der Waals surface area (Å²) in [5.74, 6) is 1.74. The Hall–Kier alpha value is -0.870. The monoisotopic (exact) mass is 210 g/mol. The number of aromatic nitrogens is 1. The highest BCUT2D eigenvalue weighted by Gasteiger charge is 2.30. The van der Waals surface area contributed by atoms with Crippen LogP contribution in [0, 0.1) is 6.92 Å². The molecular weight excluding hydrogens is 192 g/mol. The van der Waals surface area contributed by atoms with Gasteiger partial charge in [0.15, 0.2) is 0 Å². The van der Waals surface area contributed by atoms with Gasteiger partial charge in [-0.1, -0.05) is 5.16 Å². The van der Waals surface area contributed by atoms with Crippen molar-refractivity contribution >= 4 is 0 Å². The van der Waals surface area contributed by atoms with E-state index in [4.69, 9.17) is 9.26 Å². The highest BCUT2D eigenvalue weighted by molar-refractivity contribution is 5.26. The van der Waals surface area contributed by atoms with Gasteiger partial charge in [0.2, 0.25) is 0 Å². The first-order valence-corrected chi connectivity index (χ1v) is 5.47. The van der Waals surface area contributed by atoms with E-state index in [2.05, 4.69) is 17.4 Å². The van der Waals surface area contributed by atoms with Crippen LogP contribution >= 0.6 is 0 Å². The Kier molecular flexibility index (Phi) is 3.38. The molecule has 15 heavy (non-hydrogen) atoms. The standard InChI is InChI=1S/C11H18N2O2/c1-8-10(7-12-5-6-14-2)13-15-11(8)9-3-4-9/h9,12H,3-7H2,1-2H3. The van der Waals surface area contributed by atoms with Crippen molar-refractivity contribution in [1.82, 2.24) is 10.5 Å². The molecule has 0 aliphatic heterocycles. The summed E-state index contributed by atoms with van der Waals surface area (Å²) < 4.78 is 10.3. The number of methoxy groups -OCH3 is 1. The van der Waals surface area contributed by atoms with Gasteiger partial charge in [0.1, 0.15) is 11.5 Å². The third kappa shape index (κ3) is 2.58. The Morgan fingerprint density at radius 1 is 1.53 bits per heavy atom. The van der Waals surface area contributed by atoms with Crippen LogP contribution in [0.25, 0.3) is 0 Å². The van der Waals surface area contributed by atoms with Crippen molar-refractivity contribution in [3.8, 4) is 0 Å². The van der Waals surface area contributed by atoms with E-state index in [0.717, 1.165) is 31.2 Å². The van der Waals surface area contributed by atoms with E-state index < -0.39 is 0 Å². The van der Waals surface area contributed by atoms with Crippen LogP contribution in [0.2, 0.25) is 0 Å². The van der Waals surface area contributed by atoms with Gasteiger partial charge in [0.05, 0.1) is 6.61 Å². The molecule has 0 atom stereocenters. The molecule has 1 aromatic rings. The first-order chi connectivity index (χ1) is 7.33. The van der Waals surface area contributed by atoms with Crippen molar-refractivity contribution in [3.05, 3.63) is 17.0 Å². The predicted molar refractivity (Wildman–Crippen MR) is 56.8 cm³/mol. The van der Waals surface area contributed by atoms with Crippen LogP contribution in [0.5, 0.6) is 0 Å². The van der Waals surface area contributed by atoms with Crippen LogP contribution < -0.4 is 5.32 Å². The van der Waals surface area contributed by atoms with E-state index in [-0.39, 0.29) is 0 Å². The second-order valence-corrected chi connectivity index (χ2v) is 4.06. The molecule has 1 heterocycles. The average Bonchev–Trinajstić information content (AvgIpc) is 3.00. The zero-order valence-electron chi connectivity index (χ0n) is 9.38. The second kappa shape index (κ2) is 4.77. The van der Waals surface area contributed by atoms with Gasteiger partial charge >= 0.3 is 0 Å². The number of hydrogen-bond acceptors (Lipinski definition) is 4. The highest BCUT2D eigenvalue weighted by Crippen LogP contribution is 2.42. The normalized spacial score (nSPS) is 15.9. The summed E-state index contributed by atoms with van der Waals surface area (Å²) >= 11 is 0. The maximum Gasteiger partial charge on any atom is 0.143 e. The number of nitrogens with zero attached hydrogens (tertiary/aromatic N) is 1. The third-order valence-electron chi connectivity index (χ3n) is 2.78. The van der Waals surface area contributed by atoms with Crippen LogP contribution in [0.3, 0.4) is 0 Å². The summed E-state index contributed by atoms with van der Waals surface area (Å²) in [7, 11) is 1.70. The number of nitrogens with one attached hydrogen (secondary N) is 1. The van der Waals surface area contributed by atoms with E-state index in [9.17, 15) is 0 Å². The van der Waals surface area contributed by atoms with Crippen LogP contribution in [-0.2, 0) is 11.3 Å². The topological polar surface area (TPSA) is 47.3 Å². The minimum absolute atomic E-state index is 0.644. The average molecular weight is 210 g/mol. The van der Waals surface area contributed by atoms with E-state index in [1.807, 2.05) is 0 Å². The van der Waals surface area contributed by atoms with Gasteiger partial charge in [-0.3, -0.25) is 0 Å². The van der Waals surface area contributed by atoms with E-state index in [0.29, 0.717) is 5.92 Å². The summed E-state index contributed by atoms with van der Waals surface area (Å²) in [4.78, 5) is 0. The van der Waals surface area contributed by atoms with Crippen LogP contribution in [0.15, 0.2) is 4.52 Å². The molecule has 1 N–H and O–H groups in total. The van der Waals surface area contributed by atoms with Crippen molar-refractivity contribution in [2.24, 2.45) is 0 Å². The second-order valence-electron chi connectivity index (χ2n) is 4.06. The number of ether oxygens (including phenoxy) is 1. The Balaban J connectivity index is 1.85. The molecule has 0 unspecified atom stereocenters. The number of rotatable bonds is 6. The summed E-state index contributed by atoms with van der Waals surface area (Å²) in [6.07, 6.45) is 2.51. The Labute approximate surface area is 90.0 Å². The molecule has 4 heteroatoms. The molecule has 1 aliphatic carbocycles. The van der Waals surface area contributed by atoms with Crippen molar-refractivity contribution in [2.75, 3.05) is 20.3 Å². The Morgan fingerprint density at radius 3 is 3.00 bits per heavy atom. The molecule has 4 nitrogen and oxygen atoms in total. The number of hydrogen-bond donors (Lipinski definition) is 1. The van der Waals surface area contributed by atoms with Crippen LogP contribution in [0.1, 0.15) is 35.8 Å². The maximum absolute atomic E-state index is 5.36. The molecule has 1 aromatic heterocycles. The predicted octanol–water partition coefficient (Wildman–Crippen LogP) is 1.60. The smallest absolute Gasteiger partial charge is 0.143 e. The van der Waals surface area contributed by atoms with Crippen molar-refractivity contribution in [3.63, 3.8) is 0 Å². The summed E-state index contributed by atoms with van der Waals surface area (Å²) in [5, 5.41) is 7.36. The van der Waals surface area contributed by atoms with Gasteiger partial charge in [-0.05, 0) is 19.8 Å². The molecule has 0 saturated heterocycles. The largest absolute Gasteiger partial charge is 0.383 e. The van der Waals surface area contributed by atoms with Crippen molar-refractivity contribution < 1.29 is 9.26 Å². The minimum atomic E-state index is 0.644. The van der Waals surface area contributed by atoms with Crippen molar-refractivity contribution in [2.45, 2.75) is 32.2 Å². The molecule has 1 fully saturated rings. The van der Waals surface area contributed by atoms with Gasteiger partial charge in [-0.15, -0.1) is 0 Å².